The summed E-state index contributed by atoms with van der Waals surface area (Å²) in [4.78, 5) is 25.9. The minimum Gasteiger partial charge on any atom is -0.378 e. The zero-order valence-electron chi connectivity index (χ0n) is 16.0. The maximum atomic E-state index is 12.1. The maximum absolute atomic E-state index is 12.1. The molecule has 6 heteroatoms. The van der Waals surface area contributed by atoms with E-state index < -0.39 is 0 Å². The van der Waals surface area contributed by atoms with E-state index in [0.717, 1.165) is 24.1 Å². The summed E-state index contributed by atoms with van der Waals surface area (Å²) in [6.45, 7) is 2.04. The minimum atomic E-state index is -0.306. The van der Waals surface area contributed by atoms with Crippen LogP contribution in [-0.4, -0.2) is 32.1 Å². The lowest BCUT2D eigenvalue weighted by Crippen LogP contribution is -2.17. The van der Waals surface area contributed by atoms with Gasteiger partial charge in [0.2, 0.25) is 5.91 Å². The molecule has 0 aromatic heterocycles. The van der Waals surface area contributed by atoms with Gasteiger partial charge in [0.25, 0.3) is 5.91 Å². The van der Waals surface area contributed by atoms with Crippen molar-refractivity contribution in [3.8, 4) is 0 Å². The summed E-state index contributed by atoms with van der Waals surface area (Å²) in [5.41, 5.74) is 5.65. The SMILES string of the molecule is CCCCC(=O)Nc1ccc(C(=O)N/N=C/c2ccc(N(C)C)cc2)cc1. The number of carbonyl (C=O) groups excluding carboxylic acids is 2. The minimum absolute atomic E-state index is 0.0149. The van der Waals surface area contributed by atoms with E-state index in [4.69, 9.17) is 0 Å². The third-order valence-electron chi connectivity index (χ3n) is 3.98. The maximum Gasteiger partial charge on any atom is 0.271 e. The molecule has 0 atom stereocenters. The number of hydrogen-bond donors (Lipinski definition) is 2. The number of carbonyl (C=O) groups is 2. The Bertz CT molecular complexity index is 781. The second-order valence-electron chi connectivity index (χ2n) is 6.41. The first-order valence-electron chi connectivity index (χ1n) is 9.00. The molecular formula is C21H26N4O2. The van der Waals surface area contributed by atoms with Gasteiger partial charge in [-0.3, -0.25) is 9.59 Å². The van der Waals surface area contributed by atoms with Gasteiger partial charge in [-0.2, -0.15) is 5.10 Å². The zero-order valence-corrected chi connectivity index (χ0v) is 16.0. The number of hydrazone groups is 1. The number of nitrogens with one attached hydrogen (secondary N) is 2. The van der Waals surface area contributed by atoms with Gasteiger partial charge in [0.05, 0.1) is 6.21 Å². The average Bonchev–Trinajstić information content (AvgIpc) is 2.67. The molecule has 0 bridgehead atoms. The third kappa shape index (κ3) is 6.58. The fourth-order valence-corrected chi connectivity index (χ4v) is 2.35. The lowest BCUT2D eigenvalue weighted by Gasteiger charge is -2.11. The molecule has 2 rings (SSSR count). The van der Waals surface area contributed by atoms with Gasteiger partial charge in [-0.05, 0) is 48.4 Å². The fraction of sp³-hybridized carbons (Fsp3) is 0.286. The Morgan fingerprint density at radius 1 is 1.04 bits per heavy atom. The first-order valence-corrected chi connectivity index (χ1v) is 9.00. The molecule has 142 valence electrons. The van der Waals surface area contributed by atoms with Crippen LogP contribution >= 0.6 is 0 Å². The van der Waals surface area contributed by atoms with Crippen LogP contribution in [0.3, 0.4) is 0 Å². The van der Waals surface area contributed by atoms with Gasteiger partial charge in [-0.1, -0.05) is 25.5 Å². The van der Waals surface area contributed by atoms with Crippen LogP contribution in [0.25, 0.3) is 0 Å². The van der Waals surface area contributed by atoms with Crippen molar-refractivity contribution in [3.05, 3.63) is 59.7 Å². The van der Waals surface area contributed by atoms with Crippen molar-refractivity contribution >= 4 is 29.4 Å². The number of hydrogen-bond acceptors (Lipinski definition) is 4. The number of nitrogens with zero attached hydrogens (tertiary/aromatic N) is 2. The number of amides is 2. The van der Waals surface area contributed by atoms with Crippen LogP contribution in [0.4, 0.5) is 11.4 Å². The molecule has 0 saturated carbocycles. The molecule has 0 radical (unpaired) electrons. The molecule has 0 aliphatic carbocycles. The Balaban J connectivity index is 1.87. The summed E-state index contributed by atoms with van der Waals surface area (Å²) >= 11 is 0. The second kappa shape index (κ2) is 10.1. The van der Waals surface area contributed by atoms with Crippen LogP contribution in [0.1, 0.15) is 42.1 Å². The molecule has 2 aromatic carbocycles. The molecule has 0 aliphatic rings. The molecule has 2 N–H and O–H groups in total. The van der Waals surface area contributed by atoms with Gasteiger partial charge in [0.15, 0.2) is 0 Å². The largest absolute Gasteiger partial charge is 0.378 e. The summed E-state index contributed by atoms with van der Waals surface area (Å²) in [5.74, 6) is -0.320. The first kappa shape index (κ1) is 20.2. The standard InChI is InChI=1S/C21H26N4O2/c1-4-5-6-20(26)23-18-11-9-17(10-12-18)21(27)24-22-15-16-7-13-19(14-8-16)25(2)3/h7-15H,4-6H2,1-3H3,(H,23,26)(H,24,27)/b22-15+. The van der Waals surface area contributed by atoms with E-state index in [1.807, 2.05) is 50.2 Å². The van der Waals surface area contributed by atoms with Crippen molar-refractivity contribution in [2.45, 2.75) is 26.2 Å². The highest BCUT2D eigenvalue weighted by Gasteiger charge is 2.06. The van der Waals surface area contributed by atoms with E-state index in [0.29, 0.717) is 17.7 Å². The molecule has 0 unspecified atom stereocenters. The lowest BCUT2D eigenvalue weighted by molar-refractivity contribution is -0.116. The van der Waals surface area contributed by atoms with Crippen LogP contribution in [-0.2, 0) is 4.79 Å². The first-order chi connectivity index (χ1) is 13.0. The van der Waals surface area contributed by atoms with Crippen LogP contribution in [0.15, 0.2) is 53.6 Å². The smallest absolute Gasteiger partial charge is 0.271 e. The van der Waals surface area contributed by atoms with Gasteiger partial charge < -0.3 is 10.2 Å². The second-order valence-corrected chi connectivity index (χ2v) is 6.41. The summed E-state index contributed by atoms with van der Waals surface area (Å²) in [7, 11) is 3.95. The Kier molecular flexibility index (Phi) is 7.55. The van der Waals surface area contributed by atoms with Crippen molar-refractivity contribution in [2.24, 2.45) is 5.10 Å². The third-order valence-corrected chi connectivity index (χ3v) is 3.98. The Labute approximate surface area is 160 Å². The normalized spacial score (nSPS) is 10.6. The van der Waals surface area contributed by atoms with Crippen molar-refractivity contribution < 1.29 is 9.59 Å². The van der Waals surface area contributed by atoms with Gasteiger partial charge in [-0.15, -0.1) is 0 Å². The van der Waals surface area contributed by atoms with E-state index in [2.05, 4.69) is 15.8 Å². The molecule has 6 nitrogen and oxygen atoms in total. The number of anilines is 2. The van der Waals surface area contributed by atoms with Crippen LogP contribution in [0.5, 0.6) is 0 Å². The van der Waals surface area contributed by atoms with Crippen LogP contribution in [0, 0.1) is 0 Å². The number of unbranched alkanes of at least 4 members (excludes halogenated alkanes) is 1. The van der Waals surface area contributed by atoms with Gasteiger partial charge >= 0.3 is 0 Å². The molecule has 2 aromatic rings. The molecule has 2 amide bonds. The van der Waals surface area contributed by atoms with E-state index in [1.54, 1.807) is 30.5 Å². The highest BCUT2D eigenvalue weighted by atomic mass is 16.2. The molecule has 0 fully saturated rings. The fourth-order valence-electron chi connectivity index (χ4n) is 2.35. The van der Waals surface area contributed by atoms with E-state index >= 15 is 0 Å². The van der Waals surface area contributed by atoms with Crippen molar-refractivity contribution in [1.82, 2.24) is 5.43 Å². The molecule has 0 saturated heterocycles. The summed E-state index contributed by atoms with van der Waals surface area (Å²) in [6.07, 6.45) is 3.94. The molecule has 0 spiro atoms. The van der Waals surface area contributed by atoms with Gasteiger partial charge in [0, 0.05) is 37.5 Å². The predicted octanol–water partition coefficient (Wildman–Crippen LogP) is 3.65. The molecule has 0 heterocycles. The van der Waals surface area contributed by atoms with Crippen molar-refractivity contribution in [3.63, 3.8) is 0 Å². The Morgan fingerprint density at radius 3 is 2.30 bits per heavy atom. The van der Waals surface area contributed by atoms with Crippen molar-refractivity contribution in [1.29, 1.82) is 0 Å². The summed E-state index contributed by atoms with van der Waals surface area (Å²) < 4.78 is 0. The zero-order chi connectivity index (χ0) is 19.6. The monoisotopic (exact) mass is 366 g/mol. The summed E-state index contributed by atoms with van der Waals surface area (Å²) in [6, 6.07) is 14.6. The Morgan fingerprint density at radius 2 is 1.70 bits per heavy atom. The van der Waals surface area contributed by atoms with E-state index in [-0.39, 0.29) is 11.8 Å². The quantitative estimate of drug-likeness (QED) is 0.553. The van der Waals surface area contributed by atoms with Crippen LogP contribution < -0.4 is 15.6 Å². The summed E-state index contributed by atoms with van der Waals surface area (Å²) in [5, 5.41) is 6.81. The van der Waals surface area contributed by atoms with Gasteiger partial charge in [0.1, 0.15) is 0 Å². The van der Waals surface area contributed by atoms with Crippen LogP contribution in [0.2, 0.25) is 0 Å². The molecule has 27 heavy (non-hydrogen) atoms. The average molecular weight is 366 g/mol. The topological polar surface area (TPSA) is 73.8 Å². The van der Waals surface area contributed by atoms with Crippen molar-refractivity contribution in [2.75, 3.05) is 24.3 Å². The lowest BCUT2D eigenvalue weighted by atomic mass is 10.2. The predicted molar refractivity (Wildman–Crippen MR) is 110 cm³/mol. The number of rotatable bonds is 8. The molecule has 0 aliphatic heterocycles. The number of benzene rings is 2. The molecular weight excluding hydrogens is 340 g/mol. The van der Waals surface area contributed by atoms with E-state index in [1.165, 1.54) is 0 Å². The van der Waals surface area contributed by atoms with E-state index in [9.17, 15) is 9.59 Å². The highest BCUT2D eigenvalue weighted by molar-refractivity contribution is 5.96. The Hall–Kier alpha value is -3.15. The van der Waals surface area contributed by atoms with Gasteiger partial charge in [-0.25, -0.2) is 5.43 Å². The highest BCUT2D eigenvalue weighted by Crippen LogP contribution is 2.12.